The number of aliphatic carboxylic acids is 1. The van der Waals surface area contributed by atoms with Gasteiger partial charge in [-0.1, -0.05) is 20.4 Å². The van der Waals surface area contributed by atoms with Gasteiger partial charge in [0.15, 0.2) is 6.54 Å². The van der Waals surface area contributed by atoms with E-state index in [4.69, 9.17) is 15.1 Å². The third-order valence-electron chi connectivity index (χ3n) is 2.59. The van der Waals surface area contributed by atoms with Crippen molar-refractivity contribution in [2.45, 2.75) is 27.2 Å². The van der Waals surface area contributed by atoms with Crippen LogP contribution < -0.4 is 0 Å². The van der Waals surface area contributed by atoms with E-state index in [2.05, 4.69) is 12.6 Å². The first-order valence-electron chi connectivity index (χ1n) is 6.94. The molecule has 0 heterocycles. The molecule has 0 saturated heterocycles. The molecule has 0 aromatic rings. The maximum absolute atomic E-state index is 11.2. The largest absolute Gasteiger partial charge is 0.477 e. The zero-order valence-electron chi connectivity index (χ0n) is 13.7. The molecule has 6 heteroatoms. The number of nitriles is 1. The van der Waals surface area contributed by atoms with E-state index in [9.17, 15) is 9.59 Å². The minimum atomic E-state index is -0.882. The van der Waals surface area contributed by atoms with E-state index in [-0.39, 0.29) is 17.6 Å². The molecule has 21 heavy (non-hydrogen) atoms. The number of likely N-dealkylation sites (N-methyl/N-ethyl adjacent to an activating group) is 1. The van der Waals surface area contributed by atoms with Crippen LogP contribution in [0.1, 0.15) is 27.2 Å². The average molecular weight is 299 g/mol. The number of carboxylic acid groups (broad SMARTS) is 1. The molecular formula is C15H27N2O4+. The van der Waals surface area contributed by atoms with Crippen LogP contribution in [0, 0.1) is 17.2 Å². The molecule has 0 fully saturated rings. The molecule has 120 valence electrons. The Balaban J connectivity index is 0. The lowest BCUT2D eigenvalue weighted by molar-refractivity contribution is -0.883. The van der Waals surface area contributed by atoms with Gasteiger partial charge in [-0.05, 0) is 6.92 Å². The van der Waals surface area contributed by atoms with Crippen LogP contribution in [-0.2, 0) is 14.3 Å². The fourth-order valence-corrected chi connectivity index (χ4v) is 1.44. The molecule has 0 saturated carbocycles. The van der Waals surface area contributed by atoms with E-state index in [1.165, 1.54) is 6.92 Å². The Bertz CT molecular complexity index is 397. The van der Waals surface area contributed by atoms with Crippen molar-refractivity contribution in [1.82, 2.24) is 0 Å². The smallest absolute Gasteiger partial charge is 0.359 e. The van der Waals surface area contributed by atoms with E-state index in [0.29, 0.717) is 18.5 Å². The van der Waals surface area contributed by atoms with Gasteiger partial charge in [0.2, 0.25) is 0 Å². The predicted octanol–water partition coefficient (Wildman–Crippen LogP) is 1.82. The van der Waals surface area contributed by atoms with Gasteiger partial charge in [0.25, 0.3) is 0 Å². The first-order chi connectivity index (χ1) is 9.68. The molecule has 0 aliphatic rings. The number of ether oxygens (including phenoxy) is 1. The third kappa shape index (κ3) is 11.6. The highest BCUT2D eigenvalue weighted by atomic mass is 16.5. The summed E-state index contributed by atoms with van der Waals surface area (Å²) in [5.41, 5.74) is 0.290. The first kappa shape index (κ1) is 21.4. The molecule has 0 aromatic heterocycles. The van der Waals surface area contributed by atoms with Gasteiger partial charge in [-0.25, -0.2) is 9.59 Å². The summed E-state index contributed by atoms with van der Waals surface area (Å²) >= 11 is 0. The Morgan fingerprint density at radius 3 is 2.29 bits per heavy atom. The molecule has 0 amide bonds. The van der Waals surface area contributed by atoms with Gasteiger partial charge in [0.1, 0.15) is 6.61 Å². The lowest BCUT2D eigenvalue weighted by Crippen LogP contribution is -2.45. The second kappa shape index (κ2) is 10.9. The molecule has 0 bridgehead atoms. The van der Waals surface area contributed by atoms with Crippen LogP contribution in [0.2, 0.25) is 0 Å². The fourth-order valence-electron chi connectivity index (χ4n) is 1.44. The minimum absolute atomic E-state index is 0.00919. The summed E-state index contributed by atoms with van der Waals surface area (Å²) in [6, 6.07) is 2.06. The summed E-state index contributed by atoms with van der Waals surface area (Å²) in [4.78, 5) is 21.9. The second-order valence-corrected chi connectivity index (χ2v) is 5.20. The number of rotatable bonds is 8. The van der Waals surface area contributed by atoms with Crippen LogP contribution in [-0.4, -0.2) is 55.3 Å². The van der Waals surface area contributed by atoms with Gasteiger partial charge < -0.3 is 14.3 Å². The third-order valence-corrected chi connectivity index (χ3v) is 2.59. The van der Waals surface area contributed by atoms with Crippen LogP contribution >= 0.6 is 0 Å². The molecular weight excluding hydrogens is 272 g/mol. The zero-order chi connectivity index (χ0) is 17.1. The number of quaternary nitrogens is 1. The fraction of sp³-hybridized carbons (Fsp3) is 0.667. The summed E-state index contributed by atoms with van der Waals surface area (Å²) in [5, 5.41) is 17.7. The standard InChI is InChI=1S/C13H20N2O4.C2H6/c1-10(2)13(18)19-9-11(7-14)5-6-15(3,4)8-12(16)17;1-2/h11H,1,5-6,8-9H2,2-4H3;1-2H3/p+1. The molecule has 1 unspecified atom stereocenters. The molecule has 0 aromatic carbocycles. The summed E-state index contributed by atoms with van der Waals surface area (Å²) in [6.07, 6.45) is 0.472. The summed E-state index contributed by atoms with van der Waals surface area (Å²) in [7, 11) is 3.56. The van der Waals surface area contributed by atoms with Crippen molar-refractivity contribution < 1.29 is 23.9 Å². The number of hydrogen-bond donors (Lipinski definition) is 1. The van der Waals surface area contributed by atoms with Crippen molar-refractivity contribution in [3.63, 3.8) is 0 Å². The molecule has 0 spiro atoms. The van der Waals surface area contributed by atoms with Gasteiger partial charge in [-0.2, -0.15) is 5.26 Å². The van der Waals surface area contributed by atoms with Gasteiger partial charge in [0, 0.05) is 12.0 Å². The van der Waals surface area contributed by atoms with E-state index < -0.39 is 17.9 Å². The number of carbonyl (C=O) groups excluding carboxylic acids is 1. The number of nitrogens with zero attached hydrogens (tertiary/aromatic N) is 2. The SMILES string of the molecule is C=C(C)C(=O)OCC(C#N)CC[N+](C)(C)CC(=O)O.CC. The average Bonchev–Trinajstić information content (AvgIpc) is 2.39. The van der Waals surface area contributed by atoms with Gasteiger partial charge in [0.05, 0.1) is 32.6 Å². The lowest BCUT2D eigenvalue weighted by atomic mass is 10.1. The first-order valence-corrected chi connectivity index (χ1v) is 6.94. The van der Waals surface area contributed by atoms with Crippen LogP contribution in [0.4, 0.5) is 0 Å². The molecule has 1 N–H and O–H groups in total. The Hall–Kier alpha value is -1.87. The highest BCUT2D eigenvalue weighted by Gasteiger charge is 2.22. The Kier molecular flexibility index (Phi) is 11.1. The highest BCUT2D eigenvalue weighted by molar-refractivity contribution is 5.86. The topological polar surface area (TPSA) is 87.4 Å². The van der Waals surface area contributed by atoms with Crippen molar-refractivity contribution in [2.75, 3.05) is 33.8 Å². The molecule has 0 rings (SSSR count). The monoisotopic (exact) mass is 299 g/mol. The quantitative estimate of drug-likeness (QED) is 0.419. The van der Waals surface area contributed by atoms with Crippen molar-refractivity contribution in [3.05, 3.63) is 12.2 Å². The Morgan fingerprint density at radius 1 is 1.38 bits per heavy atom. The second-order valence-electron chi connectivity index (χ2n) is 5.20. The molecule has 1 atom stereocenters. The van der Waals surface area contributed by atoms with Crippen LogP contribution in [0.5, 0.6) is 0 Å². The maximum Gasteiger partial charge on any atom is 0.359 e. The Labute approximate surface area is 127 Å². The molecule has 6 nitrogen and oxygen atoms in total. The predicted molar refractivity (Wildman–Crippen MR) is 80.3 cm³/mol. The normalized spacial score (nSPS) is 11.4. The van der Waals surface area contributed by atoms with Crippen LogP contribution in [0.3, 0.4) is 0 Å². The summed E-state index contributed by atoms with van der Waals surface area (Å²) < 4.78 is 5.20. The van der Waals surface area contributed by atoms with Crippen molar-refractivity contribution in [2.24, 2.45) is 5.92 Å². The number of hydrogen-bond acceptors (Lipinski definition) is 4. The lowest BCUT2D eigenvalue weighted by Gasteiger charge is -2.28. The molecule has 0 aliphatic carbocycles. The van der Waals surface area contributed by atoms with Crippen molar-refractivity contribution in [1.29, 1.82) is 5.26 Å². The number of carboxylic acids is 1. The van der Waals surface area contributed by atoms with E-state index in [1.54, 1.807) is 14.1 Å². The van der Waals surface area contributed by atoms with Gasteiger partial charge >= 0.3 is 11.9 Å². The van der Waals surface area contributed by atoms with Crippen LogP contribution in [0.15, 0.2) is 12.2 Å². The maximum atomic E-state index is 11.2. The van der Waals surface area contributed by atoms with Crippen molar-refractivity contribution >= 4 is 11.9 Å². The highest BCUT2D eigenvalue weighted by Crippen LogP contribution is 2.09. The summed E-state index contributed by atoms with van der Waals surface area (Å²) in [5.74, 6) is -1.83. The molecule has 0 radical (unpaired) electrons. The molecule has 0 aliphatic heterocycles. The summed E-state index contributed by atoms with van der Waals surface area (Å²) in [6.45, 7) is 9.51. The van der Waals surface area contributed by atoms with Gasteiger partial charge in [-0.3, -0.25) is 0 Å². The number of carbonyl (C=O) groups is 2. The number of esters is 1. The van der Waals surface area contributed by atoms with E-state index in [0.717, 1.165) is 0 Å². The van der Waals surface area contributed by atoms with E-state index in [1.807, 2.05) is 13.8 Å². The van der Waals surface area contributed by atoms with Crippen LogP contribution in [0.25, 0.3) is 0 Å². The van der Waals surface area contributed by atoms with Gasteiger partial charge in [-0.15, -0.1) is 0 Å². The Morgan fingerprint density at radius 2 is 1.90 bits per heavy atom. The zero-order valence-corrected chi connectivity index (χ0v) is 13.7. The van der Waals surface area contributed by atoms with E-state index >= 15 is 0 Å². The minimum Gasteiger partial charge on any atom is -0.477 e. The van der Waals surface area contributed by atoms with Crippen molar-refractivity contribution in [3.8, 4) is 6.07 Å².